The number of nitrogens with zero attached hydrogens (tertiary/aromatic N) is 3. The minimum atomic E-state index is -0.377. The number of carbonyl (C=O) groups excluding carboxylic acids is 1. The average Bonchev–Trinajstić information content (AvgIpc) is 3.31. The number of carbonyl (C=O) groups is 1. The second kappa shape index (κ2) is 6.39. The number of hydrogen-bond acceptors (Lipinski definition) is 5. The molecular weight excluding hydrogens is 322 g/mol. The lowest BCUT2D eigenvalue weighted by atomic mass is 10.0. The van der Waals surface area contributed by atoms with E-state index in [9.17, 15) is 9.59 Å². The molecule has 0 saturated carbocycles. The zero-order chi connectivity index (χ0) is 17.2. The van der Waals surface area contributed by atoms with Gasteiger partial charge in [-0.2, -0.15) is 5.10 Å². The van der Waals surface area contributed by atoms with Crippen molar-refractivity contribution in [2.24, 2.45) is 0 Å². The Morgan fingerprint density at radius 1 is 1.24 bits per heavy atom. The van der Waals surface area contributed by atoms with E-state index in [1.807, 2.05) is 30.3 Å². The van der Waals surface area contributed by atoms with Gasteiger partial charge in [0.25, 0.3) is 5.91 Å². The highest BCUT2D eigenvalue weighted by Gasteiger charge is 2.33. The Morgan fingerprint density at radius 2 is 2.08 bits per heavy atom. The molecule has 1 aliphatic heterocycles. The smallest absolute Gasteiger partial charge is 0.340 e. The van der Waals surface area contributed by atoms with Crippen LogP contribution in [-0.2, 0) is 0 Å². The summed E-state index contributed by atoms with van der Waals surface area (Å²) in [5.74, 6) is 0.430. The van der Waals surface area contributed by atoms with Gasteiger partial charge in [-0.25, -0.2) is 14.9 Å². The number of piperidine rings is 1. The standard InChI is InChI=1S/C17H17N5O3/c23-16(14-13(18-10-25-14)11-6-2-1-3-7-11)22-9-5-4-8-12(22)15-19-17(24)21-20-15/h1-3,6-7,10,12H,4-5,8-9H2,(H2,19,20,21,24). The normalized spacial score (nSPS) is 17.6. The summed E-state index contributed by atoms with van der Waals surface area (Å²) in [7, 11) is 0. The number of oxazole rings is 1. The van der Waals surface area contributed by atoms with E-state index in [1.165, 1.54) is 6.39 Å². The second-order valence-corrected chi connectivity index (χ2v) is 5.97. The Balaban J connectivity index is 1.68. The lowest BCUT2D eigenvalue weighted by Gasteiger charge is -2.33. The summed E-state index contributed by atoms with van der Waals surface area (Å²) in [5.41, 5.74) is 0.962. The topological polar surface area (TPSA) is 108 Å². The molecule has 3 aromatic rings. The highest BCUT2D eigenvalue weighted by atomic mass is 16.3. The van der Waals surface area contributed by atoms with Gasteiger partial charge in [-0.3, -0.25) is 9.78 Å². The van der Waals surface area contributed by atoms with Crippen molar-refractivity contribution in [3.63, 3.8) is 0 Å². The number of rotatable bonds is 3. The molecule has 3 heterocycles. The number of likely N-dealkylation sites (tertiary alicyclic amines) is 1. The first-order valence-corrected chi connectivity index (χ1v) is 8.18. The molecule has 0 aliphatic carbocycles. The number of amides is 1. The summed E-state index contributed by atoms with van der Waals surface area (Å²) >= 11 is 0. The monoisotopic (exact) mass is 339 g/mol. The van der Waals surface area contributed by atoms with Crippen LogP contribution in [0.3, 0.4) is 0 Å². The Kier molecular flexibility index (Phi) is 3.93. The molecule has 2 N–H and O–H groups in total. The molecule has 0 bridgehead atoms. The van der Waals surface area contributed by atoms with Gasteiger partial charge in [0.2, 0.25) is 5.76 Å². The van der Waals surface area contributed by atoms with Gasteiger partial charge in [0.05, 0.1) is 6.04 Å². The van der Waals surface area contributed by atoms with Gasteiger partial charge in [0, 0.05) is 12.1 Å². The molecule has 4 rings (SSSR count). The third kappa shape index (κ3) is 2.86. The van der Waals surface area contributed by atoms with Gasteiger partial charge in [-0.1, -0.05) is 30.3 Å². The molecule has 1 amide bonds. The van der Waals surface area contributed by atoms with Gasteiger partial charge in [0.15, 0.2) is 12.2 Å². The van der Waals surface area contributed by atoms with Crippen molar-refractivity contribution in [3.05, 3.63) is 58.8 Å². The van der Waals surface area contributed by atoms with Crippen molar-refractivity contribution >= 4 is 5.91 Å². The Bertz CT molecular complexity index is 927. The Labute approximate surface area is 142 Å². The summed E-state index contributed by atoms with van der Waals surface area (Å²) in [5, 5.41) is 6.36. The molecule has 1 unspecified atom stereocenters. The van der Waals surface area contributed by atoms with Gasteiger partial charge >= 0.3 is 5.69 Å². The van der Waals surface area contributed by atoms with E-state index in [4.69, 9.17) is 4.42 Å². The van der Waals surface area contributed by atoms with Crippen LogP contribution in [0.25, 0.3) is 11.3 Å². The van der Waals surface area contributed by atoms with Gasteiger partial charge in [0.1, 0.15) is 5.69 Å². The number of hydrogen-bond donors (Lipinski definition) is 2. The first kappa shape index (κ1) is 15.4. The molecule has 8 heteroatoms. The number of aromatic nitrogens is 4. The highest BCUT2D eigenvalue weighted by Crippen LogP contribution is 2.31. The molecule has 0 radical (unpaired) electrons. The average molecular weight is 339 g/mol. The maximum atomic E-state index is 13.1. The minimum absolute atomic E-state index is 0.205. The molecule has 1 aliphatic rings. The lowest BCUT2D eigenvalue weighted by molar-refractivity contribution is 0.0569. The minimum Gasteiger partial charge on any atom is -0.438 e. The molecule has 1 atom stereocenters. The van der Waals surface area contributed by atoms with E-state index in [0.717, 1.165) is 24.8 Å². The lowest BCUT2D eigenvalue weighted by Crippen LogP contribution is -2.39. The van der Waals surface area contributed by atoms with Crippen LogP contribution in [0.5, 0.6) is 0 Å². The predicted octanol–water partition coefficient (Wildman–Crippen LogP) is 2.12. The zero-order valence-electron chi connectivity index (χ0n) is 13.4. The maximum Gasteiger partial charge on any atom is 0.340 e. The summed E-state index contributed by atoms with van der Waals surface area (Å²) < 4.78 is 5.42. The van der Waals surface area contributed by atoms with Crippen LogP contribution in [0.2, 0.25) is 0 Å². The quantitative estimate of drug-likeness (QED) is 0.760. The summed E-state index contributed by atoms with van der Waals surface area (Å²) in [4.78, 5) is 33.0. The van der Waals surface area contributed by atoms with E-state index in [2.05, 4.69) is 20.2 Å². The van der Waals surface area contributed by atoms with Crippen LogP contribution in [0, 0.1) is 0 Å². The van der Waals surface area contributed by atoms with Crippen molar-refractivity contribution in [1.82, 2.24) is 25.1 Å². The largest absolute Gasteiger partial charge is 0.438 e. The van der Waals surface area contributed by atoms with Crippen LogP contribution < -0.4 is 5.69 Å². The molecule has 25 heavy (non-hydrogen) atoms. The van der Waals surface area contributed by atoms with E-state index in [-0.39, 0.29) is 23.4 Å². The number of H-pyrrole nitrogens is 2. The van der Waals surface area contributed by atoms with E-state index >= 15 is 0 Å². The molecule has 1 aromatic carbocycles. The highest BCUT2D eigenvalue weighted by molar-refractivity contribution is 5.97. The van der Waals surface area contributed by atoms with Crippen molar-refractivity contribution in [1.29, 1.82) is 0 Å². The van der Waals surface area contributed by atoms with Gasteiger partial charge < -0.3 is 9.32 Å². The molecule has 128 valence electrons. The van der Waals surface area contributed by atoms with Gasteiger partial charge in [-0.15, -0.1) is 0 Å². The first-order chi connectivity index (χ1) is 12.2. The van der Waals surface area contributed by atoms with Crippen molar-refractivity contribution in [3.8, 4) is 11.3 Å². The molecule has 2 aromatic heterocycles. The zero-order valence-corrected chi connectivity index (χ0v) is 13.4. The summed E-state index contributed by atoms with van der Waals surface area (Å²) in [6.45, 7) is 0.577. The van der Waals surface area contributed by atoms with Crippen LogP contribution >= 0.6 is 0 Å². The third-order valence-electron chi connectivity index (χ3n) is 4.41. The fourth-order valence-corrected chi connectivity index (χ4v) is 3.23. The van der Waals surface area contributed by atoms with Crippen LogP contribution in [0.15, 0.2) is 45.9 Å². The summed E-state index contributed by atoms with van der Waals surface area (Å²) in [6, 6.07) is 9.15. The number of benzene rings is 1. The van der Waals surface area contributed by atoms with E-state index in [0.29, 0.717) is 18.1 Å². The maximum absolute atomic E-state index is 13.1. The SMILES string of the molecule is O=C(c1ocnc1-c1ccccc1)N1CCCCC1c1n[nH]c(=O)[nH]1. The molecule has 1 saturated heterocycles. The molecular formula is C17H17N5O3. The van der Waals surface area contributed by atoms with E-state index < -0.39 is 0 Å². The number of aromatic amines is 2. The van der Waals surface area contributed by atoms with Crippen molar-refractivity contribution in [2.45, 2.75) is 25.3 Å². The molecule has 0 spiro atoms. The number of nitrogens with one attached hydrogen (secondary N) is 2. The van der Waals surface area contributed by atoms with E-state index in [1.54, 1.807) is 4.90 Å². The Hall–Kier alpha value is -3.16. The fraction of sp³-hybridized carbons (Fsp3) is 0.294. The van der Waals surface area contributed by atoms with Gasteiger partial charge in [-0.05, 0) is 19.3 Å². The van der Waals surface area contributed by atoms with Crippen LogP contribution in [0.4, 0.5) is 0 Å². The third-order valence-corrected chi connectivity index (χ3v) is 4.41. The molecule has 8 nitrogen and oxygen atoms in total. The van der Waals surface area contributed by atoms with Crippen LogP contribution in [0.1, 0.15) is 41.7 Å². The fourth-order valence-electron chi connectivity index (χ4n) is 3.23. The molecule has 1 fully saturated rings. The first-order valence-electron chi connectivity index (χ1n) is 8.18. The van der Waals surface area contributed by atoms with Crippen LogP contribution in [-0.4, -0.2) is 37.5 Å². The van der Waals surface area contributed by atoms with Crippen molar-refractivity contribution < 1.29 is 9.21 Å². The summed E-state index contributed by atoms with van der Waals surface area (Å²) in [6.07, 6.45) is 3.88. The Morgan fingerprint density at radius 3 is 2.84 bits per heavy atom. The predicted molar refractivity (Wildman–Crippen MR) is 88.8 cm³/mol. The van der Waals surface area contributed by atoms with Crippen molar-refractivity contribution in [2.75, 3.05) is 6.54 Å². The second-order valence-electron chi connectivity index (χ2n) is 5.97.